The summed E-state index contributed by atoms with van der Waals surface area (Å²) in [5.41, 5.74) is 1.19. The van der Waals surface area contributed by atoms with Gasteiger partial charge in [-0.1, -0.05) is 25.3 Å². The van der Waals surface area contributed by atoms with Gasteiger partial charge in [0.05, 0.1) is 16.7 Å². The van der Waals surface area contributed by atoms with Crippen LogP contribution in [-0.4, -0.2) is 28.8 Å². The molecule has 4 nitrogen and oxygen atoms in total. The lowest BCUT2D eigenvalue weighted by atomic mass is 9.91. The van der Waals surface area contributed by atoms with E-state index < -0.39 is 0 Å². The third kappa shape index (κ3) is 3.47. The molecule has 1 atom stereocenters. The second-order valence-electron chi connectivity index (χ2n) is 5.56. The van der Waals surface area contributed by atoms with Crippen molar-refractivity contribution < 1.29 is 4.74 Å². The molecule has 0 aromatic carbocycles. The summed E-state index contributed by atoms with van der Waals surface area (Å²) in [4.78, 5) is 1.25. The van der Waals surface area contributed by atoms with Crippen molar-refractivity contribution >= 4 is 11.5 Å². The number of hydrogen-bond donors (Lipinski definition) is 1. The predicted molar refractivity (Wildman–Crippen MR) is 69.3 cm³/mol. The summed E-state index contributed by atoms with van der Waals surface area (Å²) in [6.07, 6.45) is 2.77. The van der Waals surface area contributed by atoms with Gasteiger partial charge in [0.2, 0.25) is 0 Å². The molecule has 0 spiro atoms. The highest BCUT2D eigenvalue weighted by Gasteiger charge is 2.22. The summed E-state index contributed by atoms with van der Waals surface area (Å²) in [5.74, 6) is 0. The Labute approximate surface area is 107 Å². The summed E-state index contributed by atoms with van der Waals surface area (Å²) >= 11 is 1.49. The van der Waals surface area contributed by atoms with E-state index in [1.807, 2.05) is 0 Å². The third-order valence-electron chi connectivity index (χ3n) is 2.95. The molecule has 0 bridgehead atoms. The molecule has 1 fully saturated rings. The van der Waals surface area contributed by atoms with Crippen molar-refractivity contribution in [2.45, 2.75) is 51.7 Å². The lowest BCUT2D eigenvalue weighted by Crippen LogP contribution is -2.26. The molecule has 0 saturated carbocycles. The average molecular weight is 255 g/mol. The minimum Gasteiger partial charge on any atom is -0.377 e. The van der Waals surface area contributed by atoms with E-state index in [0.717, 1.165) is 25.4 Å². The third-order valence-corrected chi connectivity index (χ3v) is 3.67. The minimum absolute atomic E-state index is 0.0773. The second-order valence-corrected chi connectivity index (χ2v) is 6.40. The van der Waals surface area contributed by atoms with Crippen LogP contribution in [0.15, 0.2) is 0 Å². The van der Waals surface area contributed by atoms with Crippen molar-refractivity contribution in [1.29, 1.82) is 0 Å². The molecule has 5 heteroatoms. The molecule has 1 unspecified atom stereocenters. The molecule has 0 amide bonds. The maximum atomic E-state index is 5.58. The molecule has 1 aromatic rings. The first-order valence-corrected chi connectivity index (χ1v) is 6.99. The summed E-state index contributed by atoms with van der Waals surface area (Å²) in [6.45, 7) is 9.22. The van der Waals surface area contributed by atoms with Crippen LogP contribution in [0.3, 0.4) is 0 Å². The quantitative estimate of drug-likeness (QED) is 0.895. The van der Waals surface area contributed by atoms with E-state index in [4.69, 9.17) is 4.74 Å². The maximum absolute atomic E-state index is 5.58. The van der Waals surface area contributed by atoms with Gasteiger partial charge in [0.1, 0.15) is 0 Å². The van der Waals surface area contributed by atoms with Gasteiger partial charge in [-0.25, -0.2) is 0 Å². The normalized spacial score (nSPS) is 21.0. The largest absolute Gasteiger partial charge is 0.377 e. The van der Waals surface area contributed by atoms with E-state index in [1.165, 1.54) is 29.3 Å². The Kier molecular flexibility index (Phi) is 4.12. The van der Waals surface area contributed by atoms with Crippen LogP contribution in [0.4, 0.5) is 0 Å². The highest BCUT2D eigenvalue weighted by molar-refractivity contribution is 7.05. The van der Waals surface area contributed by atoms with Gasteiger partial charge in [0.15, 0.2) is 0 Å². The van der Waals surface area contributed by atoms with Crippen molar-refractivity contribution in [1.82, 2.24) is 14.9 Å². The van der Waals surface area contributed by atoms with Crippen LogP contribution in [-0.2, 0) is 16.7 Å². The molecule has 0 radical (unpaired) electrons. The van der Waals surface area contributed by atoms with E-state index in [9.17, 15) is 0 Å². The number of ether oxygens (including phenoxy) is 1. The van der Waals surface area contributed by atoms with Crippen LogP contribution in [0.5, 0.6) is 0 Å². The summed E-state index contributed by atoms with van der Waals surface area (Å²) in [6, 6.07) is 0. The Morgan fingerprint density at radius 3 is 2.94 bits per heavy atom. The molecule has 1 aliphatic rings. The van der Waals surface area contributed by atoms with Gasteiger partial charge in [0.25, 0.3) is 0 Å². The fraction of sp³-hybridized carbons (Fsp3) is 0.833. The highest BCUT2D eigenvalue weighted by Crippen LogP contribution is 2.25. The number of aromatic nitrogens is 2. The highest BCUT2D eigenvalue weighted by atomic mass is 32.1. The minimum atomic E-state index is 0.0773. The van der Waals surface area contributed by atoms with Gasteiger partial charge in [-0.05, 0) is 24.4 Å². The van der Waals surface area contributed by atoms with Crippen molar-refractivity contribution in [3.05, 3.63) is 10.6 Å². The fourth-order valence-corrected chi connectivity index (χ4v) is 2.87. The van der Waals surface area contributed by atoms with Crippen LogP contribution >= 0.6 is 11.5 Å². The number of nitrogens with zero attached hydrogens (tertiary/aromatic N) is 2. The molecule has 0 aliphatic carbocycles. The number of hydrogen-bond acceptors (Lipinski definition) is 5. The first-order chi connectivity index (χ1) is 8.07. The lowest BCUT2D eigenvalue weighted by molar-refractivity contribution is 0.110. The molecule has 2 rings (SSSR count). The van der Waals surface area contributed by atoms with E-state index in [-0.39, 0.29) is 5.41 Å². The Morgan fingerprint density at radius 1 is 1.47 bits per heavy atom. The standard InChI is InChI=1S/C12H21N3OS/c1-12(2,3)11-10(17-15-14-11)8-13-7-9-5-4-6-16-9/h9,13H,4-8H2,1-3H3. The van der Waals surface area contributed by atoms with E-state index >= 15 is 0 Å². The summed E-state index contributed by atoms with van der Waals surface area (Å²) < 4.78 is 9.64. The predicted octanol–water partition coefficient (Wildman–Crippen LogP) is 2.10. The van der Waals surface area contributed by atoms with Gasteiger partial charge in [-0.2, -0.15) is 0 Å². The second kappa shape index (κ2) is 5.42. The molecular weight excluding hydrogens is 234 g/mol. The zero-order valence-electron chi connectivity index (χ0n) is 10.8. The smallest absolute Gasteiger partial charge is 0.0854 e. The van der Waals surface area contributed by atoms with Gasteiger partial charge in [0, 0.05) is 25.1 Å². The van der Waals surface area contributed by atoms with Crippen molar-refractivity contribution in [2.24, 2.45) is 0 Å². The number of nitrogens with one attached hydrogen (secondary N) is 1. The van der Waals surface area contributed by atoms with Gasteiger partial charge < -0.3 is 10.1 Å². The molecule has 1 N–H and O–H groups in total. The van der Waals surface area contributed by atoms with E-state index in [1.54, 1.807) is 0 Å². The molecule has 96 valence electrons. The number of rotatable bonds is 4. The van der Waals surface area contributed by atoms with Crippen LogP contribution in [0.25, 0.3) is 0 Å². The van der Waals surface area contributed by atoms with Gasteiger partial charge >= 0.3 is 0 Å². The van der Waals surface area contributed by atoms with Crippen molar-refractivity contribution in [3.8, 4) is 0 Å². The summed E-state index contributed by atoms with van der Waals surface area (Å²) in [5, 5.41) is 7.68. The molecule has 1 saturated heterocycles. The Morgan fingerprint density at radius 2 is 2.29 bits per heavy atom. The topological polar surface area (TPSA) is 47.0 Å². The molecule has 2 heterocycles. The van der Waals surface area contributed by atoms with E-state index in [2.05, 4.69) is 35.7 Å². The molecular formula is C12H21N3OS. The van der Waals surface area contributed by atoms with Crippen molar-refractivity contribution in [2.75, 3.05) is 13.2 Å². The van der Waals surface area contributed by atoms with Gasteiger partial charge in [-0.15, -0.1) is 5.10 Å². The Balaban J connectivity index is 1.84. The molecule has 17 heavy (non-hydrogen) atoms. The van der Waals surface area contributed by atoms with E-state index in [0.29, 0.717) is 6.10 Å². The SMILES string of the molecule is CC(C)(C)c1nnsc1CNCC1CCCO1. The molecule has 1 aliphatic heterocycles. The van der Waals surface area contributed by atoms with Crippen LogP contribution in [0, 0.1) is 0 Å². The van der Waals surface area contributed by atoms with Gasteiger partial charge in [-0.3, -0.25) is 0 Å². The maximum Gasteiger partial charge on any atom is 0.0854 e. The first-order valence-electron chi connectivity index (χ1n) is 6.21. The fourth-order valence-electron chi connectivity index (χ4n) is 2.05. The monoisotopic (exact) mass is 255 g/mol. The molecule has 1 aromatic heterocycles. The van der Waals surface area contributed by atoms with Crippen LogP contribution in [0.2, 0.25) is 0 Å². The first kappa shape index (κ1) is 12.9. The van der Waals surface area contributed by atoms with Crippen LogP contribution in [0.1, 0.15) is 44.2 Å². The zero-order valence-corrected chi connectivity index (χ0v) is 11.6. The lowest BCUT2D eigenvalue weighted by Gasteiger charge is -2.17. The average Bonchev–Trinajstić information content (AvgIpc) is 2.86. The summed E-state index contributed by atoms with van der Waals surface area (Å²) in [7, 11) is 0. The zero-order chi connectivity index (χ0) is 12.3. The Bertz CT molecular complexity index is 353. The Hall–Kier alpha value is -0.520. The van der Waals surface area contributed by atoms with Crippen LogP contribution < -0.4 is 5.32 Å². The van der Waals surface area contributed by atoms with Crippen molar-refractivity contribution in [3.63, 3.8) is 0 Å².